The topological polar surface area (TPSA) is 79.4 Å². The lowest BCUT2D eigenvalue weighted by atomic mass is 10.0. The van der Waals surface area contributed by atoms with E-state index in [1.54, 1.807) is 0 Å². The molecule has 5 rings (SSSR count). The molecule has 1 saturated heterocycles. The number of rotatable bonds is 8. The number of benzene rings is 3. The summed E-state index contributed by atoms with van der Waals surface area (Å²) in [4.78, 5) is 30.4. The zero-order valence-corrected chi connectivity index (χ0v) is 20.1. The molecule has 35 heavy (non-hydrogen) atoms. The first-order valence-corrected chi connectivity index (χ1v) is 12.5. The number of unbranched alkanes of at least 4 members (excludes halogenated alkanes) is 1. The normalized spacial score (nSPS) is 15.0. The molecule has 2 N–H and O–H groups in total. The third-order valence-corrected chi connectivity index (χ3v) is 6.78. The third kappa shape index (κ3) is 5.25. The summed E-state index contributed by atoms with van der Waals surface area (Å²) < 4.78 is 7.70. The van der Waals surface area contributed by atoms with Crippen LogP contribution in [0.4, 0.5) is 5.69 Å². The Morgan fingerprint density at radius 1 is 1.06 bits per heavy atom. The molecular weight excluding hydrogens is 440 g/mol. The van der Waals surface area contributed by atoms with Gasteiger partial charge in [-0.1, -0.05) is 37.6 Å². The monoisotopic (exact) mass is 472 g/mol. The van der Waals surface area contributed by atoms with Gasteiger partial charge in [-0.15, -0.1) is 0 Å². The smallest absolute Gasteiger partial charge is 0.326 e. The average Bonchev–Trinajstić information content (AvgIpc) is 3.20. The van der Waals surface area contributed by atoms with Crippen LogP contribution in [0.25, 0.3) is 21.8 Å². The van der Waals surface area contributed by atoms with Gasteiger partial charge in [0.25, 0.3) is 0 Å². The maximum atomic E-state index is 12.8. The molecule has 0 radical (unpaired) electrons. The molecule has 0 unspecified atom stereocenters. The van der Waals surface area contributed by atoms with Crippen molar-refractivity contribution in [2.24, 2.45) is 0 Å². The van der Waals surface area contributed by atoms with Crippen molar-refractivity contribution in [1.29, 1.82) is 0 Å². The molecule has 4 aromatic rings. The second-order valence-corrected chi connectivity index (χ2v) is 9.30. The summed E-state index contributed by atoms with van der Waals surface area (Å²) in [6.45, 7) is 4.75. The van der Waals surface area contributed by atoms with E-state index < -0.39 is 0 Å². The molecular formula is C28H32N4O3. The molecule has 1 aliphatic rings. The van der Waals surface area contributed by atoms with E-state index in [9.17, 15) is 9.59 Å². The van der Waals surface area contributed by atoms with Gasteiger partial charge in [-0.3, -0.25) is 14.3 Å². The number of hydrogen-bond acceptors (Lipinski definition) is 4. The maximum Gasteiger partial charge on any atom is 0.326 e. The number of likely N-dealkylation sites (tertiary alicyclic amines) is 1. The van der Waals surface area contributed by atoms with E-state index in [0.29, 0.717) is 13.2 Å². The highest BCUT2D eigenvalue weighted by Crippen LogP contribution is 2.26. The number of carbonyl (C=O) groups excluding carboxylic acids is 1. The Morgan fingerprint density at radius 3 is 2.69 bits per heavy atom. The summed E-state index contributed by atoms with van der Waals surface area (Å²) in [6.07, 6.45) is 3.81. The molecule has 182 valence electrons. The van der Waals surface area contributed by atoms with Crippen LogP contribution in [0.3, 0.4) is 0 Å². The van der Waals surface area contributed by atoms with Gasteiger partial charge in [-0.25, -0.2) is 4.79 Å². The second-order valence-electron chi connectivity index (χ2n) is 9.30. The zero-order chi connectivity index (χ0) is 24.2. The maximum absolute atomic E-state index is 12.8. The van der Waals surface area contributed by atoms with Gasteiger partial charge in [0.2, 0.25) is 5.91 Å². The lowest BCUT2D eigenvalue weighted by Crippen LogP contribution is -2.40. The third-order valence-electron chi connectivity index (χ3n) is 6.78. The molecule has 0 bridgehead atoms. The predicted molar refractivity (Wildman–Crippen MR) is 140 cm³/mol. The van der Waals surface area contributed by atoms with Gasteiger partial charge < -0.3 is 15.0 Å². The molecule has 0 aliphatic carbocycles. The van der Waals surface area contributed by atoms with Gasteiger partial charge in [0.05, 0.1) is 24.2 Å². The molecule has 0 spiro atoms. The fourth-order valence-electron chi connectivity index (χ4n) is 4.90. The van der Waals surface area contributed by atoms with Crippen LogP contribution in [0.1, 0.15) is 38.6 Å². The van der Waals surface area contributed by atoms with Crippen molar-refractivity contribution in [1.82, 2.24) is 14.5 Å². The quantitative estimate of drug-likeness (QED) is 0.356. The summed E-state index contributed by atoms with van der Waals surface area (Å²) in [5.74, 6) is 0.828. The summed E-state index contributed by atoms with van der Waals surface area (Å²) in [5.41, 5.74) is 2.55. The molecule has 2 heterocycles. The lowest BCUT2D eigenvalue weighted by molar-refractivity contribution is -0.117. The van der Waals surface area contributed by atoms with E-state index in [-0.39, 0.29) is 17.6 Å². The van der Waals surface area contributed by atoms with E-state index in [1.807, 2.05) is 65.2 Å². The number of fused-ring (bicyclic) bond motifs is 2. The summed E-state index contributed by atoms with van der Waals surface area (Å²) >= 11 is 0. The highest BCUT2D eigenvalue weighted by atomic mass is 16.5. The predicted octanol–water partition coefficient (Wildman–Crippen LogP) is 4.94. The fraction of sp³-hybridized carbons (Fsp3) is 0.357. The first kappa shape index (κ1) is 23.2. The molecule has 0 atom stereocenters. The van der Waals surface area contributed by atoms with E-state index in [1.165, 1.54) is 0 Å². The summed E-state index contributed by atoms with van der Waals surface area (Å²) in [7, 11) is 0. The number of nitrogens with zero attached hydrogens (tertiary/aromatic N) is 2. The van der Waals surface area contributed by atoms with Crippen molar-refractivity contribution in [2.45, 2.75) is 38.6 Å². The SMILES string of the molecule is CCCCOc1ccc2ccc(NC(=O)CN3CCC(n4c(=O)[nH]c5ccccc54)CC3)cc2c1. The minimum Gasteiger partial charge on any atom is -0.494 e. The van der Waals surface area contributed by atoms with E-state index in [0.717, 1.165) is 72.0 Å². The highest BCUT2D eigenvalue weighted by molar-refractivity contribution is 5.95. The standard InChI is InChI=1S/C28H32N4O3/c1-2-3-16-35-24-11-9-20-8-10-22(17-21(20)18-24)29-27(33)19-31-14-12-23(13-15-31)32-26-7-5-4-6-25(26)30-28(32)34/h4-11,17-18,23H,2-3,12-16,19H2,1H3,(H,29,33)(H,30,34). The molecule has 3 aromatic carbocycles. The minimum absolute atomic E-state index is 0.0255. The number of imidazole rings is 1. The van der Waals surface area contributed by atoms with Crippen LogP contribution in [0.5, 0.6) is 5.75 Å². The van der Waals surface area contributed by atoms with Gasteiger partial charge >= 0.3 is 5.69 Å². The molecule has 1 aliphatic heterocycles. The Balaban J connectivity index is 1.18. The number of ether oxygens (including phenoxy) is 1. The Labute approximate surface area is 204 Å². The molecule has 0 saturated carbocycles. The Morgan fingerprint density at radius 2 is 1.86 bits per heavy atom. The van der Waals surface area contributed by atoms with Gasteiger partial charge in [0, 0.05) is 24.8 Å². The molecule has 7 heteroatoms. The lowest BCUT2D eigenvalue weighted by Gasteiger charge is -2.32. The summed E-state index contributed by atoms with van der Waals surface area (Å²) in [6, 6.07) is 20.0. The number of nitrogens with one attached hydrogen (secondary N) is 2. The van der Waals surface area contributed by atoms with Crippen LogP contribution in [0, 0.1) is 0 Å². The van der Waals surface area contributed by atoms with Crippen molar-refractivity contribution in [3.05, 3.63) is 71.1 Å². The summed E-state index contributed by atoms with van der Waals surface area (Å²) in [5, 5.41) is 5.20. The Hall–Kier alpha value is -3.58. The number of hydrogen-bond donors (Lipinski definition) is 2. The van der Waals surface area contributed by atoms with E-state index in [2.05, 4.69) is 22.1 Å². The van der Waals surface area contributed by atoms with Crippen LogP contribution in [-0.4, -0.2) is 46.6 Å². The largest absolute Gasteiger partial charge is 0.494 e. The van der Waals surface area contributed by atoms with Crippen LogP contribution in [0.15, 0.2) is 65.5 Å². The first-order valence-electron chi connectivity index (χ1n) is 12.5. The fourth-order valence-corrected chi connectivity index (χ4v) is 4.90. The molecule has 1 fully saturated rings. The van der Waals surface area contributed by atoms with Gasteiger partial charge in [0.1, 0.15) is 5.75 Å². The number of carbonyl (C=O) groups is 1. The van der Waals surface area contributed by atoms with Gasteiger partial charge in [-0.05, 0) is 66.4 Å². The zero-order valence-electron chi connectivity index (χ0n) is 20.1. The van der Waals surface area contributed by atoms with Crippen molar-refractivity contribution in [2.75, 3.05) is 31.6 Å². The van der Waals surface area contributed by atoms with Crippen molar-refractivity contribution in [3.63, 3.8) is 0 Å². The highest BCUT2D eigenvalue weighted by Gasteiger charge is 2.24. The number of para-hydroxylation sites is 2. The van der Waals surface area contributed by atoms with Crippen LogP contribution >= 0.6 is 0 Å². The molecule has 1 amide bonds. The van der Waals surface area contributed by atoms with E-state index >= 15 is 0 Å². The number of aromatic amines is 1. The molecule has 1 aromatic heterocycles. The van der Waals surface area contributed by atoms with Crippen LogP contribution in [-0.2, 0) is 4.79 Å². The number of aromatic nitrogens is 2. The van der Waals surface area contributed by atoms with E-state index in [4.69, 9.17) is 4.74 Å². The Bertz CT molecular complexity index is 1380. The van der Waals surface area contributed by atoms with Crippen molar-refractivity contribution < 1.29 is 9.53 Å². The van der Waals surface area contributed by atoms with Crippen molar-refractivity contribution in [3.8, 4) is 5.75 Å². The van der Waals surface area contributed by atoms with Crippen LogP contribution in [0.2, 0.25) is 0 Å². The van der Waals surface area contributed by atoms with Gasteiger partial charge in [0.15, 0.2) is 0 Å². The number of amides is 1. The number of anilines is 1. The molecule has 7 nitrogen and oxygen atoms in total. The van der Waals surface area contributed by atoms with Crippen LogP contribution < -0.4 is 15.7 Å². The second kappa shape index (κ2) is 10.4. The first-order chi connectivity index (χ1) is 17.1. The van der Waals surface area contributed by atoms with Gasteiger partial charge in [-0.2, -0.15) is 0 Å². The van der Waals surface area contributed by atoms with Crippen molar-refractivity contribution >= 4 is 33.4 Å². The average molecular weight is 473 g/mol. The Kier molecular flexibility index (Phi) is 6.86. The number of piperidine rings is 1. The number of H-pyrrole nitrogens is 1. The minimum atomic E-state index is -0.0578.